The minimum Gasteiger partial charge on any atom is -0.390 e. The van der Waals surface area contributed by atoms with Crippen molar-refractivity contribution in [2.45, 2.75) is 43.6 Å². The van der Waals surface area contributed by atoms with E-state index in [9.17, 15) is 13.5 Å². The molecule has 1 atom stereocenters. The number of aliphatic hydroxyl groups is 1. The zero-order valence-electron chi connectivity index (χ0n) is 11.8. The maximum absolute atomic E-state index is 12.7. The third-order valence-electron chi connectivity index (χ3n) is 3.78. The zero-order chi connectivity index (χ0) is 15.0. The van der Waals surface area contributed by atoms with Gasteiger partial charge >= 0.3 is 0 Å². The Hall–Kier alpha value is -0.620. The van der Waals surface area contributed by atoms with E-state index < -0.39 is 15.6 Å². The molecule has 112 valence electrons. The van der Waals surface area contributed by atoms with Gasteiger partial charge in [-0.15, -0.1) is 0 Å². The van der Waals surface area contributed by atoms with Crippen LogP contribution < -0.4 is 0 Å². The van der Waals surface area contributed by atoms with Crippen molar-refractivity contribution >= 4 is 21.6 Å². The number of aryl methyl sites for hydroxylation is 1. The van der Waals surface area contributed by atoms with Crippen LogP contribution >= 0.6 is 11.6 Å². The fourth-order valence-electron chi connectivity index (χ4n) is 2.52. The van der Waals surface area contributed by atoms with Crippen molar-refractivity contribution in [2.75, 3.05) is 13.1 Å². The molecule has 0 saturated carbocycles. The maximum atomic E-state index is 12.7. The van der Waals surface area contributed by atoms with Crippen LogP contribution in [0.4, 0.5) is 0 Å². The van der Waals surface area contributed by atoms with Gasteiger partial charge in [-0.1, -0.05) is 11.6 Å². The van der Waals surface area contributed by atoms with E-state index in [1.54, 1.807) is 32.0 Å². The number of sulfonamides is 1. The van der Waals surface area contributed by atoms with Crippen molar-refractivity contribution in [3.05, 3.63) is 28.8 Å². The molecular formula is C14H20ClNO3S. The first-order valence-electron chi connectivity index (χ1n) is 6.71. The topological polar surface area (TPSA) is 57.6 Å². The molecular weight excluding hydrogens is 298 g/mol. The van der Waals surface area contributed by atoms with Crippen LogP contribution in [-0.2, 0) is 10.0 Å². The van der Waals surface area contributed by atoms with E-state index in [1.807, 2.05) is 0 Å². The Kier molecular flexibility index (Phi) is 4.44. The average Bonchev–Trinajstić information content (AvgIpc) is 2.50. The molecule has 4 nitrogen and oxygen atoms in total. The second kappa shape index (κ2) is 5.64. The Balaban J connectivity index is 2.30. The number of rotatable bonds is 2. The van der Waals surface area contributed by atoms with Crippen LogP contribution in [0.2, 0.25) is 5.02 Å². The average molecular weight is 318 g/mol. The highest BCUT2D eigenvalue weighted by molar-refractivity contribution is 7.89. The molecule has 1 unspecified atom stereocenters. The van der Waals surface area contributed by atoms with Gasteiger partial charge in [0.2, 0.25) is 10.0 Å². The molecule has 1 aliphatic rings. The van der Waals surface area contributed by atoms with Gasteiger partial charge in [0.05, 0.1) is 10.5 Å². The van der Waals surface area contributed by atoms with E-state index >= 15 is 0 Å². The number of halogens is 1. The lowest BCUT2D eigenvalue weighted by molar-refractivity contribution is 0.0465. The Morgan fingerprint density at radius 3 is 2.65 bits per heavy atom. The quantitative estimate of drug-likeness (QED) is 0.912. The molecule has 1 aliphatic heterocycles. The molecule has 1 heterocycles. The molecule has 1 aromatic carbocycles. The van der Waals surface area contributed by atoms with Crippen molar-refractivity contribution < 1.29 is 13.5 Å². The van der Waals surface area contributed by atoms with E-state index in [-0.39, 0.29) is 0 Å². The number of hydrogen-bond acceptors (Lipinski definition) is 3. The number of benzene rings is 1. The van der Waals surface area contributed by atoms with E-state index in [2.05, 4.69) is 0 Å². The van der Waals surface area contributed by atoms with Gasteiger partial charge in [0.15, 0.2) is 0 Å². The molecule has 20 heavy (non-hydrogen) atoms. The number of nitrogens with zero attached hydrogens (tertiary/aromatic N) is 1. The maximum Gasteiger partial charge on any atom is 0.243 e. The second-order valence-corrected chi connectivity index (χ2v) is 8.01. The molecule has 1 N–H and O–H groups in total. The lowest BCUT2D eigenvalue weighted by Gasteiger charge is -2.23. The summed E-state index contributed by atoms with van der Waals surface area (Å²) >= 11 is 5.87. The molecule has 1 fully saturated rings. The molecule has 0 amide bonds. The van der Waals surface area contributed by atoms with Gasteiger partial charge in [-0.3, -0.25) is 0 Å². The molecule has 0 radical (unpaired) electrons. The van der Waals surface area contributed by atoms with Crippen molar-refractivity contribution in [1.29, 1.82) is 0 Å². The SMILES string of the molecule is Cc1cc(Cl)ccc1S(=O)(=O)N1CCCC(C)(O)CC1. The first-order chi connectivity index (χ1) is 9.22. The summed E-state index contributed by atoms with van der Waals surface area (Å²) in [5, 5.41) is 10.6. The molecule has 6 heteroatoms. The summed E-state index contributed by atoms with van der Waals surface area (Å²) < 4.78 is 26.8. The largest absolute Gasteiger partial charge is 0.390 e. The van der Waals surface area contributed by atoms with Gasteiger partial charge in [-0.05, 0) is 56.9 Å². The summed E-state index contributed by atoms with van der Waals surface area (Å²) in [5.41, 5.74) is -0.132. The van der Waals surface area contributed by atoms with Crippen LogP contribution in [0.5, 0.6) is 0 Å². The van der Waals surface area contributed by atoms with Gasteiger partial charge in [0.1, 0.15) is 0 Å². The Morgan fingerprint density at radius 1 is 1.30 bits per heavy atom. The van der Waals surface area contributed by atoms with Crippen LogP contribution in [-0.4, -0.2) is 36.5 Å². The van der Waals surface area contributed by atoms with Crippen LogP contribution in [0.25, 0.3) is 0 Å². The fraction of sp³-hybridized carbons (Fsp3) is 0.571. The van der Waals surface area contributed by atoms with E-state index in [0.717, 1.165) is 0 Å². The Bertz CT molecular complexity index is 598. The van der Waals surface area contributed by atoms with Gasteiger partial charge in [0.25, 0.3) is 0 Å². The third-order valence-corrected chi connectivity index (χ3v) is 6.07. The first kappa shape index (κ1) is 15.8. The van der Waals surface area contributed by atoms with Crippen LogP contribution in [0, 0.1) is 6.92 Å². The van der Waals surface area contributed by atoms with Gasteiger partial charge in [-0.25, -0.2) is 8.42 Å². The highest BCUT2D eigenvalue weighted by Gasteiger charge is 2.32. The third kappa shape index (κ3) is 3.34. The van der Waals surface area contributed by atoms with Crippen LogP contribution in [0.1, 0.15) is 31.7 Å². The van der Waals surface area contributed by atoms with E-state index in [1.165, 1.54) is 4.31 Å². The molecule has 0 aliphatic carbocycles. The van der Waals surface area contributed by atoms with Crippen molar-refractivity contribution in [3.8, 4) is 0 Å². The van der Waals surface area contributed by atoms with Crippen LogP contribution in [0.3, 0.4) is 0 Å². The Labute approximate surface area is 125 Å². The fourth-order valence-corrected chi connectivity index (χ4v) is 4.43. The standard InChI is InChI=1S/C14H20ClNO3S/c1-11-10-12(15)4-5-13(11)20(18,19)16-8-3-6-14(2,17)7-9-16/h4-5,10,17H,3,6-9H2,1-2H3. The lowest BCUT2D eigenvalue weighted by atomic mass is 9.98. The van der Waals surface area contributed by atoms with Gasteiger partial charge in [0, 0.05) is 18.1 Å². The predicted octanol–water partition coefficient (Wildman–Crippen LogP) is 2.57. The molecule has 1 aromatic rings. The molecule has 0 aromatic heterocycles. The zero-order valence-corrected chi connectivity index (χ0v) is 13.3. The predicted molar refractivity (Wildman–Crippen MR) is 79.4 cm³/mol. The summed E-state index contributed by atoms with van der Waals surface area (Å²) in [5.74, 6) is 0. The second-order valence-electron chi connectivity index (χ2n) is 5.66. The highest BCUT2D eigenvalue weighted by Crippen LogP contribution is 2.27. The minimum atomic E-state index is -3.52. The first-order valence-corrected chi connectivity index (χ1v) is 8.53. The molecule has 2 rings (SSSR count). The summed E-state index contributed by atoms with van der Waals surface area (Å²) in [6, 6.07) is 4.80. The van der Waals surface area contributed by atoms with E-state index in [0.29, 0.717) is 47.8 Å². The molecule has 0 bridgehead atoms. The molecule has 1 saturated heterocycles. The summed E-state index contributed by atoms with van der Waals surface area (Å²) in [4.78, 5) is 0.295. The van der Waals surface area contributed by atoms with Crippen molar-refractivity contribution in [1.82, 2.24) is 4.31 Å². The van der Waals surface area contributed by atoms with Crippen LogP contribution in [0.15, 0.2) is 23.1 Å². The molecule has 0 spiro atoms. The summed E-state index contributed by atoms with van der Waals surface area (Å²) in [6.45, 7) is 4.29. The van der Waals surface area contributed by atoms with Crippen molar-refractivity contribution in [3.63, 3.8) is 0 Å². The summed E-state index contributed by atoms with van der Waals surface area (Å²) in [6.07, 6.45) is 1.75. The van der Waals surface area contributed by atoms with E-state index in [4.69, 9.17) is 11.6 Å². The highest BCUT2D eigenvalue weighted by atomic mass is 35.5. The monoisotopic (exact) mass is 317 g/mol. The van der Waals surface area contributed by atoms with Gasteiger partial charge < -0.3 is 5.11 Å². The normalized spacial score (nSPS) is 25.4. The van der Waals surface area contributed by atoms with Crippen molar-refractivity contribution in [2.24, 2.45) is 0 Å². The number of hydrogen-bond donors (Lipinski definition) is 1. The Morgan fingerprint density at radius 2 is 2.00 bits per heavy atom. The van der Waals surface area contributed by atoms with Gasteiger partial charge in [-0.2, -0.15) is 4.31 Å². The lowest BCUT2D eigenvalue weighted by Crippen LogP contribution is -2.33. The smallest absolute Gasteiger partial charge is 0.243 e. The summed E-state index contributed by atoms with van der Waals surface area (Å²) in [7, 11) is -3.52. The minimum absolute atomic E-state index is 0.295.